The SMILES string of the molecule is O=C(NCc1cc(OC2CC(F)(F)C2)ccn1)c1nnc(CCCCc2nnc(C(=O)NCc3cc(OC4CC(F)(F)C4)ccn3)s2)s1. The van der Waals surface area contributed by atoms with E-state index in [-0.39, 0.29) is 48.8 Å². The van der Waals surface area contributed by atoms with E-state index in [1.54, 1.807) is 24.3 Å². The zero-order chi connectivity index (χ0) is 33.7. The molecule has 6 rings (SSSR count). The second-order valence-electron chi connectivity index (χ2n) is 11.5. The van der Waals surface area contributed by atoms with Gasteiger partial charge in [-0.15, -0.1) is 20.4 Å². The highest BCUT2D eigenvalue weighted by atomic mass is 32.1. The molecule has 0 bridgehead atoms. The van der Waals surface area contributed by atoms with Crippen molar-refractivity contribution in [2.75, 3.05) is 0 Å². The number of nitrogens with zero attached hydrogens (tertiary/aromatic N) is 6. The molecule has 0 aliphatic heterocycles. The standard InChI is InChI=1S/C30H30F4N8O4S2/c31-29(32)11-21(12-29)45-19-5-7-35-17(9-19)15-37-25(43)27-41-39-23(47-27)3-1-2-4-24-40-42-28(48-24)26(44)38-16-18-10-20(6-8-36-18)46-22-13-30(33,34)14-22/h5-10,21-22H,1-4,11-16H2,(H,37,43)(H,38,44). The van der Waals surface area contributed by atoms with Gasteiger partial charge in [0.05, 0.1) is 24.5 Å². The first kappa shape index (κ1) is 33.6. The minimum atomic E-state index is -2.67. The minimum absolute atomic E-state index is 0.110. The largest absolute Gasteiger partial charge is 0.490 e. The minimum Gasteiger partial charge on any atom is -0.490 e. The van der Waals surface area contributed by atoms with Crippen LogP contribution in [0.25, 0.3) is 0 Å². The first-order chi connectivity index (χ1) is 23.0. The molecular weight excluding hydrogens is 677 g/mol. The molecule has 12 nitrogen and oxygen atoms in total. The lowest BCUT2D eigenvalue weighted by Gasteiger charge is -2.34. The molecule has 48 heavy (non-hydrogen) atoms. The van der Waals surface area contributed by atoms with Crippen LogP contribution in [0.15, 0.2) is 36.7 Å². The number of carbonyl (C=O) groups excluding carboxylic acids is 2. The maximum atomic E-state index is 13.1. The lowest BCUT2D eigenvalue weighted by Crippen LogP contribution is -2.43. The number of halogens is 4. The summed E-state index contributed by atoms with van der Waals surface area (Å²) in [4.78, 5) is 33.5. The predicted octanol–water partition coefficient (Wildman–Crippen LogP) is 4.96. The number of aromatic nitrogens is 6. The Kier molecular flexibility index (Phi) is 10.1. The van der Waals surface area contributed by atoms with E-state index < -0.39 is 35.9 Å². The highest BCUT2D eigenvalue weighted by Gasteiger charge is 2.47. The number of unbranched alkanes of at least 4 members (excludes halogenated alkanes) is 1. The zero-order valence-corrected chi connectivity index (χ0v) is 27.0. The molecule has 2 saturated carbocycles. The van der Waals surface area contributed by atoms with Gasteiger partial charge in [0.1, 0.15) is 33.7 Å². The average Bonchev–Trinajstić information content (AvgIpc) is 3.70. The summed E-state index contributed by atoms with van der Waals surface area (Å²) in [6.07, 6.45) is 3.41. The molecule has 4 heterocycles. The van der Waals surface area contributed by atoms with Gasteiger partial charge in [-0.1, -0.05) is 22.7 Å². The highest BCUT2D eigenvalue weighted by molar-refractivity contribution is 7.13. The summed E-state index contributed by atoms with van der Waals surface area (Å²) in [6.45, 7) is 0.220. The molecule has 0 unspecified atom stereocenters. The van der Waals surface area contributed by atoms with Crippen molar-refractivity contribution < 1.29 is 36.6 Å². The monoisotopic (exact) mass is 706 g/mol. The Hall–Kier alpha value is -4.32. The number of amides is 2. The van der Waals surface area contributed by atoms with Crippen LogP contribution in [0.3, 0.4) is 0 Å². The van der Waals surface area contributed by atoms with Crippen LogP contribution in [-0.2, 0) is 25.9 Å². The summed E-state index contributed by atoms with van der Waals surface area (Å²) in [6, 6.07) is 6.39. The lowest BCUT2D eigenvalue weighted by atomic mass is 9.91. The second kappa shape index (κ2) is 14.4. The van der Waals surface area contributed by atoms with Crippen LogP contribution in [0.2, 0.25) is 0 Å². The summed E-state index contributed by atoms with van der Waals surface area (Å²) in [5.74, 6) is -5.30. The van der Waals surface area contributed by atoms with Crippen LogP contribution < -0.4 is 20.1 Å². The Morgan fingerprint density at radius 2 is 1.12 bits per heavy atom. The molecule has 2 aliphatic rings. The number of nitrogens with one attached hydrogen (secondary N) is 2. The van der Waals surface area contributed by atoms with E-state index in [0.717, 1.165) is 12.8 Å². The van der Waals surface area contributed by atoms with Gasteiger partial charge in [0.25, 0.3) is 23.7 Å². The molecule has 18 heteroatoms. The number of carbonyl (C=O) groups is 2. The van der Waals surface area contributed by atoms with Crippen molar-refractivity contribution in [3.05, 3.63) is 68.1 Å². The van der Waals surface area contributed by atoms with Crippen LogP contribution in [0, 0.1) is 0 Å². The fraction of sp³-hybridized carbons (Fsp3) is 0.467. The topological polar surface area (TPSA) is 154 Å². The van der Waals surface area contributed by atoms with Crippen LogP contribution in [0.4, 0.5) is 17.6 Å². The van der Waals surface area contributed by atoms with Crippen molar-refractivity contribution in [3.8, 4) is 11.5 Å². The first-order valence-corrected chi connectivity index (χ1v) is 16.8. The van der Waals surface area contributed by atoms with Gasteiger partial charge in [-0.3, -0.25) is 19.6 Å². The molecule has 4 aromatic rings. The van der Waals surface area contributed by atoms with E-state index >= 15 is 0 Å². The van der Waals surface area contributed by atoms with Crippen molar-refractivity contribution in [2.45, 2.75) is 88.5 Å². The molecule has 2 N–H and O–H groups in total. The maximum absolute atomic E-state index is 13.1. The van der Waals surface area contributed by atoms with E-state index in [2.05, 4.69) is 41.0 Å². The van der Waals surface area contributed by atoms with Gasteiger partial charge in [-0.2, -0.15) is 0 Å². The average molecular weight is 707 g/mol. The van der Waals surface area contributed by atoms with Crippen LogP contribution in [0.5, 0.6) is 11.5 Å². The molecule has 0 atom stereocenters. The number of hydrogen-bond acceptors (Lipinski definition) is 12. The number of rotatable bonds is 15. The fourth-order valence-electron chi connectivity index (χ4n) is 4.95. The molecule has 0 aromatic carbocycles. The first-order valence-electron chi connectivity index (χ1n) is 15.2. The summed E-state index contributed by atoms with van der Waals surface area (Å²) in [5.41, 5.74) is 1.04. The van der Waals surface area contributed by atoms with Crippen molar-refractivity contribution in [1.82, 2.24) is 41.0 Å². The predicted molar refractivity (Wildman–Crippen MR) is 164 cm³/mol. The Balaban J connectivity index is 0.877. The molecule has 2 aliphatic carbocycles. The normalized spacial score (nSPS) is 16.8. The van der Waals surface area contributed by atoms with Crippen LogP contribution in [-0.4, -0.2) is 66.2 Å². The van der Waals surface area contributed by atoms with E-state index in [9.17, 15) is 27.2 Å². The van der Waals surface area contributed by atoms with E-state index in [4.69, 9.17) is 9.47 Å². The molecule has 0 radical (unpaired) electrons. The Morgan fingerprint density at radius 1 is 0.708 bits per heavy atom. The zero-order valence-electron chi connectivity index (χ0n) is 25.3. The van der Waals surface area contributed by atoms with E-state index in [1.165, 1.54) is 35.1 Å². The number of aryl methyl sites for hydroxylation is 2. The summed E-state index contributed by atoms with van der Waals surface area (Å²) in [5, 5.41) is 23.5. The summed E-state index contributed by atoms with van der Waals surface area (Å²) < 4.78 is 63.3. The Labute approximate surface area is 279 Å². The van der Waals surface area contributed by atoms with Crippen LogP contribution in [0.1, 0.15) is 79.5 Å². The second-order valence-corrected chi connectivity index (χ2v) is 13.7. The lowest BCUT2D eigenvalue weighted by molar-refractivity contribution is -0.135. The Bertz CT molecular complexity index is 1610. The third-order valence-corrected chi connectivity index (χ3v) is 9.46. The third kappa shape index (κ3) is 9.18. The van der Waals surface area contributed by atoms with Crippen molar-refractivity contribution in [3.63, 3.8) is 0 Å². The van der Waals surface area contributed by atoms with Crippen LogP contribution >= 0.6 is 22.7 Å². The number of hydrogen-bond donors (Lipinski definition) is 2. The molecule has 2 fully saturated rings. The molecule has 0 spiro atoms. The maximum Gasteiger partial charge on any atom is 0.282 e. The van der Waals surface area contributed by atoms with Gasteiger partial charge in [0.15, 0.2) is 0 Å². The van der Waals surface area contributed by atoms with Gasteiger partial charge in [0, 0.05) is 63.1 Å². The van der Waals surface area contributed by atoms with E-state index in [1.807, 2.05) is 0 Å². The van der Waals surface area contributed by atoms with Gasteiger partial charge in [-0.05, 0) is 25.0 Å². The van der Waals surface area contributed by atoms with Crippen molar-refractivity contribution >= 4 is 34.5 Å². The van der Waals surface area contributed by atoms with Gasteiger partial charge >= 0.3 is 0 Å². The van der Waals surface area contributed by atoms with Crippen molar-refractivity contribution in [2.24, 2.45) is 0 Å². The van der Waals surface area contributed by atoms with E-state index in [0.29, 0.717) is 45.7 Å². The summed E-state index contributed by atoms with van der Waals surface area (Å²) in [7, 11) is 0. The molecule has 2 amide bonds. The number of pyridine rings is 2. The quantitative estimate of drug-likeness (QED) is 0.128. The van der Waals surface area contributed by atoms with Crippen molar-refractivity contribution in [1.29, 1.82) is 0 Å². The highest BCUT2D eigenvalue weighted by Crippen LogP contribution is 2.40. The van der Waals surface area contributed by atoms with Gasteiger partial charge in [-0.25, -0.2) is 17.6 Å². The molecule has 4 aromatic heterocycles. The van der Waals surface area contributed by atoms with Gasteiger partial charge < -0.3 is 20.1 Å². The molecular formula is C30H30F4N8O4S2. The van der Waals surface area contributed by atoms with Gasteiger partial charge in [0.2, 0.25) is 10.0 Å². The number of ether oxygens (including phenoxy) is 2. The number of alkyl halides is 4. The Morgan fingerprint density at radius 3 is 1.52 bits per heavy atom. The summed E-state index contributed by atoms with van der Waals surface area (Å²) >= 11 is 2.38. The smallest absolute Gasteiger partial charge is 0.282 e. The fourth-order valence-corrected chi connectivity index (χ4v) is 6.55. The molecule has 0 saturated heterocycles. The molecule has 254 valence electrons. The third-order valence-electron chi connectivity index (χ3n) is 7.50.